The third kappa shape index (κ3) is 1.93. The minimum absolute atomic E-state index is 0.176. The van der Waals surface area contributed by atoms with Crippen LogP contribution in [0.15, 0.2) is 24.3 Å². The van der Waals surface area contributed by atoms with Gasteiger partial charge in [0.1, 0.15) is 5.60 Å². The van der Waals surface area contributed by atoms with Crippen LogP contribution in [0.3, 0.4) is 0 Å². The Balaban J connectivity index is 1.85. The third-order valence-electron chi connectivity index (χ3n) is 4.01. The number of ether oxygens (including phenoxy) is 1. The number of rotatable bonds is 2. The van der Waals surface area contributed by atoms with Gasteiger partial charge < -0.3 is 4.74 Å². The maximum atomic E-state index is 11.9. The van der Waals surface area contributed by atoms with E-state index < -0.39 is 5.60 Å². The smallest absolute Gasteiger partial charge is 0.339 e. The Labute approximate surface area is 108 Å². The third-order valence-corrected chi connectivity index (χ3v) is 4.01. The molecule has 3 rings (SSSR count). The second-order valence-corrected chi connectivity index (χ2v) is 5.50. The molecule has 1 fully saturated rings. The molecule has 1 saturated heterocycles. The fraction of sp³-hybridized carbons (Fsp3) is 0.533. The molecule has 2 aliphatic heterocycles. The average molecular weight is 245 g/mol. The van der Waals surface area contributed by atoms with Crippen molar-refractivity contribution in [1.29, 1.82) is 0 Å². The number of hydrogen-bond donors (Lipinski definition) is 0. The van der Waals surface area contributed by atoms with Crippen LogP contribution in [0, 0.1) is 0 Å². The molecular formula is C15H19NO2. The van der Waals surface area contributed by atoms with Crippen LogP contribution in [0.2, 0.25) is 0 Å². The topological polar surface area (TPSA) is 29.5 Å². The van der Waals surface area contributed by atoms with Crippen molar-refractivity contribution in [3.8, 4) is 0 Å². The van der Waals surface area contributed by atoms with Crippen molar-refractivity contribution in [3.05, 3.63) is 35.4 Å². The van der Waals surface area contributed by atoms with Crippen molar-refractivity contribution >= 4 is 5.97 Å². The maximum Gasteiger partial charge on any atom is 0.339 e. The summed E-state index contributed by atoms with van der Waals surface area (Å²) >= 11 is 0. The first-order chi connectivity index (χ1) is 8.69. The molecule has 2 aliphatic rings. The number of likely N-dealkylation sites (tertiary alicyclic amines) is 1. The molecule has 0 amide bonds. The van der Waals surface area contributed by atoms with E-state index in [1.165, 1.54) is 19.3 Å². The highest BCUT2D eigenvalue weighted by Gasteiger charge is 2.42. The quantitative estimate of drug-likeness (QED) is 0.750. The van der Waals surface area contributed by atoms with Crippen LogP contribution in [0.4, 0.5) is 0 Å². The summed E-state index contributed by atoms with van der Waals surface area (Å²) in [4.78, 5) is 14.3. The first kappa shape index (κ1) is 11.7. The van der Waals surface area contributed by atoms with Crippen LogP contribution in [-0.2, 0) is 10.3 Å². The van der Waals surface area contributed by atoms with Gasteiger partial charge in [-0.1, -0.05) is 24.6 Å². The standard InChI is InChI=1S/C15H19NO2/c1-15(11-16-9-5-2-6-10-16)13-8-4-3-7-12(13)14(17)18-15/h3-4,7-8H,2,5-6,9-11H2,1H3. The minimum Gasteiger partial charge on any atom is -0.449 e. The first-order valence-electron chi connectivity index (χ1n) is 6.74. The zero-order valence-corrected chi connectivity index (χ0v) is 10.8. The Morgan fingerprint density at radius 2 is 1.94 bits per heavy atom. The Kier molecular flexibility index (Phi) is 2.86. The molecule has 1 aromatic rings. The van der Waals surface area contributed by atoms with E-state index in [2.05, 4.69) is 4.90 Å². The van der Waals surface area contributed by atoms with Crippen LogP contribution >= 0.6 is 0 Å². The molecular weight excluding hydrogens is 226 g/mol. The highest BCUT2D eigenvalue weighted by molar-refractivity contribution is 5.94. The Morgan fingerprint density at radius 3 is 2.72 bits per heavy atom. The molecule has 1 unspecified atom stereocenters. The first-order valence-corrected chi connectivity index (χ1v) is 6.74. The lowest BCUT2D eigenvalue weighted by Gasteiger charge is -2.34. The summed E-state index contributed by atoms with van der Waals surface area (Å²) in [6.45, 7) is 5.09. The SMILES string of the molecule is CC1(CN2CCCCC2)OC(=O)c2ccccc21. The molecule has 96 valence electrons. The molecule has 1 atom stereocenters. The predicted molar refractivity (Wildman–Crippen MR) is 69.5 cm³/mol. The minimum atomic E-state index is -0.467. The van der Waals surface area contributed by atoms with Gasteiger partial charge in [0.15, 0.2) is 0 Å². The molecule has 0 saturated carbocycles. The molecule has 0 bridgehead atoms. The summed E-state index contributed by atoms with van der Waals surface area (Å²) in [7, 11) is 0. The summed E-state index contributed by atoms with van der Waals surface area (Å²) in [5, 5.41) is 0. The zero-order valence-electron chi connectivity index (χ0n) is 10.8. The molecule has 3 heteroatoms. The number of nitrogens with zero attached hydrogens (tertiary/aromatic N) is 1. The predicted octanol–water partition coefficient (Wildman–Crippen LogP) is 2.56. The Hall–Kier alpha value is -1.35. The second-order valence-electron chi connectivity index (χ2n) is 5.50. The molecule has 0 spiro atoms. The van der Waals surface area contributed by atoms with Crippen molar-refractivity contribution in [2.75, 3.05) is 19.6 Å². The van der Waals surface area contributed by atoms with Gasteiger partial charge in [-0.3, -0.25) is 4.90 Å². The maximum absolute atomic E-state index is 11.9. The highest BCUT2D eigenvalue weighted by Crippen LogP contribution is 2.37. The molecule has 2 heterocycles. The lowest BCUT2D eigenvalue weighted by molar-refractivity contribution is -0.0190. The average Bonchev–Trinajstić information content (AvgIpc) is 2.63. The molecule has 18 heavy (non-hydrogen) atoms. The number of hydrogen-bond acceptors (Lipinski definition) is 3. The van der Waals surface area contributed by atoms with Crippen molar-refractivity contribution in [1.82, 2.24) is 4.90 Å². The van der Waals surface area contributed by atoms with Gasteiger partial charge in [0.25, 0.3) is 0 Å². The van der Waals surface area contributed by atoms with E-state index in [9.17, 15) is 4.79 Å². The van der Waals surface area contributed by atoms with Gasteiger partial charge in [-0.15, -0.1) is 0 Å². The summed E-state index contributed by atoms with van der Waals surface area (Å²) in [6.07, 6.45) is 3.83. The van der Waals surface area contributed by atoms with Gasteiger partial charge in [-0.2, -0.15) is 0 Å². The van der Waals surface area contributed by atoms with Gasteiger partial charge >= 0.3 is 5.97 Å². The van der Waals surface area contributed by atoms with Gasteiger partial charge in [0.2, 0.25) is 0 Å². The largest absolute Gasteiger partial charge is 0.449 e. The number of carbonyl (C=O) groups excluding carboxylic acids is 1. The van der Waals surface area contributed by atoms with Crippen molar-refractivity contribution < 1.29 is 9.53 Å². The Morgan fingerprint density at radius 1 is 1.22 bits per heavy atom. The fourth-order valence-electron chi connectivity index (χ4n) is 3.10. The number of cyclic esters (lactones) is 1. The summed E-state index contributed by atoms with van der Waals surface area (Å²) < 4.78 is 5.64. The zero-order chi connectivity index (χ0) is 12.6. The van der Waals surface area contributed by atoms with Crippen molar-refractivity contribution in [2.24, 2.45) is 0 Å². The molecule has 0 N–H and O–H groups in total. The normalized spacial score (nSPS) is 27.9. The molecule has 0 aliphatic carbocycles. The van der Waals surface area contributed by atoms with E-state index in [0.29, 0.717) is 0 Å². The molecule has 3 nitrogen and oxygen atoms in total. The van der Waals surface area contributed by atoms with Crippen molar-refractivity contribution in [3.63, 3.8) is 0 Å². The van der Waals surface area contributed by atoms with Crippen LogP contribution in [0.1, 0.15) is 42.1 Å². The number of fused-ring (bicyclic) bond motifs is 1. The van der Waals surface area contributed by atoms with E-state index >= 15 is 0 Å². The molecule has 0 radical (unpaired) electrons. The second kappa shape index (κ2) is 4.39. The number of benzene rings is 1. The van der Waals surface area contributed by atoms with Crippen LogP contribution < -0.4 is 0 Å². The molecule has 0 aromatic heterocycles. The molecule has 1 aromatic carbocycles. The van der Waals surface area contributed by atoms with Crippen molar-refractivity contribution in [2.45, 2.75) is 31.8 Å². The van der Waals surface area contributed by atoms with Gasteiger partial charge in [0, 0.05) is 12.1 Å². The lowest BCUT2D eigenvalue weighted by Crippen LogP contribution is -2.41. The van der Waals surface area contributed by atoms with Gasteiger partial charge in [-0.05, 0) is 38.9 Å². The fourth-order valence-corrected chi connectivity index (χ4v) is 3.10. The monoisotopic (exact) mass is 245 g/mol. The van der Waals surface area contributed by atoms with Gasteiger partial charge in [0.05, 0.1) is 5.56 Å². The summed E-state index contributed by atoms with van der Waals surface area (Å²) in [5.41, 5.74) is 1.31. The van der Waals surface area contributed by atoms with E-state index in [-0.39, 0.29) is 5.97 Å². The number of esters is 1. The van der Waals surface area contributed by atoms with E-state index in [1.54, 1.807) is 0 Å². The Bertz CT molecular complexity index is 465. The van der Waals surface area contributed by atoms with E-state index in [4.69, 9.17) is 4.74 Å². The van der Waals surface area contributed by atoms with Gasteiger partial charge in [-0.25, -0.2) is 4.79 Å². The van der Waals surface area contributed by atoms with Crippen LogP contribution in [0.25, 0.3) is 0 Å². The number of piperidine rings is 1. The lowest BCUT2D eigenvalue weighted by atomic mass is 9.93. The number of carbonyl (C=O) groups is 1. The highest BCUT2D eigenvalue weighted by atomic mass is 16.6. The van der Waals surface area contributed by atoms with E-state index in [1.807, 2.05) is 31.2 Å². The van der Waals surface area contributed by atoms with E-state index in [0.717, 1.165) is 30.8 Å². The summed E-state index contributed by atoms with van der Waals surface area (Å²) in [5.74, 6) is -0.176. The van der Waals surface area contributed by atoms with Crippen LogP contribution in [-0.4, -0.2) is 30.5 Å². The van der Waals surface area contributed by atoms with Crippen LogP contribution in [0.5, 0.6) is 0 Å². The summed E-state index contributed by atoms with van der Waals surface area (Å²) in [6, 6.07) is 7.76.